The number of hydrogen-bond acceptors (Lipinski definition) is 7. The van der Waals surface area contributed by atoms with Crippen LogP contribution in [0.25, 0.3) is 11.4 Å². The van der Waals surface area contributed by atoms with Gasteiger partial charge in [0, 0.05) is 36.9 Å². The Morgan fingerprint density at radius 2 is 2.09 bits per heavy atom. The van der Waals surface area contributed by atoms with Crippen LogP contribution in [-0.2, 0) is 17.0 Å². The number of thioether (sulfide) groups is 1. The van der Waals surface area contributed by atoms with Crippen molar-refractivity contribution in [1.29, 1.82) is 0 Å². The van der Waals surface area contributed by atoms with Gasteiger partial charge in [0.05, 0.1) is 18.8 Å². The van der Waals surface area contributed by atoms with E-state index in [1.54, 1.807) is 31.3 Å². The zero-order valence-electron chi connectivity index (χ0n) is 13.0. The van der Waals surface area contributed by atoms with E-state index in [9.17, 15) is 0 Å². The number of aryl methyl sites for hydroxylation is 1. The molecule has 120 valence electrons. The third kappa shape index (κ3) is 3.77. The Hall–Kier alpha value is -2.19. The van der Waals surface area contributed by atoms with Crippen LogP contribution >= 0.6 is 11.8 Å². The minimum absolute atomic E-state index is 0.590. The van der Waals surface area contributed by atoms with E-state index >= 15 is 0 Å². The predicted molar refractivity (Wildman–Crippen MR) is 85.9 cm³/mol. The zero-order valence-corrected chi connectivity index (χ0v) is 13.8. The van der Waals surface area contributed by atoms with Crippen LogP contribution in [0, 0.1) is 6.92 Å². The van der Waals surface area contributed by atoms with Crippen molar-refractivity contribution < 1.29 is 9.26 Å². The maximum Gasteiger partial charge on any atom is 0.191 e. The number of rotatable bonds is 7. The Bertz CT molecular complexity index is 756. The highest BCUT2D eigenvalue weighted by Crippen LogP contribution is 2.26. The molecule has 0 fully saturated rings. The first-order chi connectivity index (χ1) is 11.3. The second kappa shape index (κ2) is 7.38. The molecule has 0 atom stereocenters. The first-order valence-corrected chi connectivity index (χ1v) is 8.14. The van der Waals surface area contributed by atoms with Crippen LogP contribution in [-0.4, -0.2) is 38.6 Å². The van der Waals surface area contributed by atoms with E-state index in [0.717, 1.165) is 28.0 Å². The molecule has 3 heterocycles. The molecule has 7 nitrogen and oxygen atoms in total. The van der Waals surface area contributed by atoms with E-state index in [0.29, 0.717) is 18.9 Å². The molecule has 3 rings (SSSR count). The smallest absolute Gasteiger partial charge is 0.191 e. The maximum atomic E-state index is 5.20. The van der Waals surface area contributed by atoms with E-state index < -0.39 is 0 Å². The molecule has 0 unspecified atom stereocenters. The Morgan fingerprint density at radius 1 is 1.26 bits per heavy atom. The molecule has 0 aliphatic carbocycles. The summed E-state index contributed by atoms with van der Waals surface area (Å²) in [5, 5.41) is 13.5. The van der Waals surface area contributed by atoms with E-state index in [1.165, 1.54) is 0 Å². The summed E-state index contributed by atoms with van der Waals surface area (Å²) in [6.07, 6.45) is 3.49. The lowest BCUT2D eigenvalue weighted by molar-refractivity contribution is 0.185. The van der Waals surface area contributed by atoms with Gasteiger partial charge in [0.15, 0.2) is 11.0 Å². The van der Waals surface area contributed by atoms with Gasteiger partial charge in [-0.05, 0) is 19.1 Å². The lowest BCUT2D eigenvalue weighted by atomic mass is 10.2. The molecule has 0 N–H and O–H groups in total. The van der Waals surface area contributed by atoms with Gasteiger partial charge >= 0.3 is 0 Å². The molecule has 0 radical (unpaired) electrons. The van der Waals surface area contributed by atoms with Crippen molar-refractivity contribution in [2.75, 3.05) is 13.7 Å². The van der Waals surface area contributed by atoms with Crippen molar-refractivity contribution in [1.82, 2.24) is 24.9 Å². The lowest BCUT2D eigenvalue weighted by Gasteiger charge is -2.09. The molecule has 0 saturated carbocycles. The highest BCUT2D eigenvalue weighted by atomic mass is 32.2. The number of nitrogens with zero attached hydrogens (tertiary/aromatic N) is 5. The molecule has 3 aromatic heterocycles. The molecule has 23 heavy (non-hydrogen) atoms. The number of ether oxygens (including phenoxy) is 1. The van der Waals surface area contributed by atoms with E-state index in [1.807, 2.05) is 25.1 Å². The number of aromatic nitrogens is 5. The van der Waals surface area contributed by atoms with Crippen LogP contribution < -0.4 is 0 Å². The average Bonchev–Trinajstić information content (AvgIpc) is 3.17. The van der Waals surface area contributed by atoms with Gasteiger partial charge in [-0.2, -0.15) is 0 Å². The van der Waals surface area contributed by atoms with Crippen LogP contribution in [0.5, 0.6) is 0 Å². The van der Waals surface area contributed by atoms with Crippen LogP contribution in [0.2, 0.25) is 0 Å². The highest BCUT2D eigenvalue weighted by molar-refractivity contribution is 7.98. The summed E-state index contributed by atoms with van der Waals surface area (Å²) in [4.78, 5) is 4.04. The fourth-order valence-electron chi connectivity index (χ4n) is 2.12. The van der Waals surface area contributed by atoms with Crippen LogP contribution in [0.15, 0.2) is 40.3 Å². The summed E-state index contributed by atoms with van der Waals surface area (Å²) < 4.78 is 12.3. The number of hydrogen-bond donors (Lipinski definition) is 0. The third-order valence-electron chi connectivity index (χ3n) is 3.20. The largest absolute Gasteiger partial charge is 0.383 e. The Balaban J connectivity index is 1.83. The molecule has 0 aliphatic heterocycles. The minimum atomic E-state index is 0.590. The topological polar surface area (TPSA) is 78.9 Å². The van der Waals surface area contributed by atoms with Gasteiger partial charge in [-0.1, -0.05) is 16.9 Å². The van der Waals surface area contributed by atoms with Crippen molar-refractivity contribution in [2.45, 2.75) is 24.4 Å². The van der Waals surface area contributed by atoms with E-state index in [-0.39, 0.29) is 0 Å². The molecule has 0 aromatic carbocycles. The van der Waals surface area contributed by atoms with Crippen LogP contribution in [0.3, 0.4) is 0 Å². The monoisotopic (exact) mass is 331 g/mol. The van der Waals surface area contributed by atoms with Gasteiger partial charge in [0.25, 0.3) is 0 Å². The summed E-state index contributed by atoms with van der Waals surface area (Å²) in [6, 6.07) is 5.76. The highest BCUT2D eigenvalue weighted by Gasteiger charge is 2.15. The lowest BCUT2D eigenvalue weighted by Crippen LogP contribution is -2.07. The second-order valence-electron chi connectivity index (χ2n) is 4.90. The first kappa shape index (κ1) is 15.7. The summed E-state index contributed by atoms with van der Waals surface area (Å²) in [7, 11) is 1.68. The van der Waals surface area contributed by atoms with Gasteiger partial charge in [-0.3, -0.25) is 9.55 Å². The van der Waals surface area contributed by atoms with Gasteiger partial charge in [-0.15, -0.1) is 10.2 Å². The Morgan fingerprint density at radius 3 is 2.78 bits per heavy atom. The van der Waals surface area contributed by atoms with Gasteiger partial charge in [-0.25, -0.2) is 0 Å². The normalized spacial score (nSPS) is 11.0. The molecule has 0 spiro atoms. The van der Waals surface area contributed by atoms with Crippen LogP contribution in [0.4, 0.5) is 0 Å². The zero-order chi connectivity index (χ0) is 16.1. The molecular formula is C15H17N5O2S. The van der Waals surface area contributed by atoms with Crippen molar-refractivity contribution in [3.8, 4) is 11.4 Å². The molecule has 0 aliphatic rings. The minimum Gasteiger partial charge on any atom is -0.383 e. The molecular weight excluding hydrogens is 314 g/mol. The summed E-state index contributed by atoms with van der Waals surface area (Å²) in [5.74, 6) is 2.29. The summed E-state index contributed by atoms with van der Waals surface area (Å²) >= 11 is 1.58. The van der Waals surface area contributed by atoms with Gasteiger partial charge < -0.3 is 9.26 Å². The van der Waals surface area contributed by atoms with Crippen molar-refractivity contribution in [3.63, 3.8) is 0 Å². The summed E-state index contributed by atoms with van der Waals surface area (Å²) in [6.45, 7) is 3.15. The predicted octanol–water partition coefficient (Wildman–Crippen LogP) is 2.58. The van der Waals surface area contributed by atoms with Crippen molar-refractivity contribution >= 4 is 11.8 Å². The standard InChI is InChI=1S/C15H17N5O2S/c1-11-9-13(19-22-11)10-23-15-18-17-14(20(15)7-8-21-2)12-3-5-16-6-4-12/h3-6,9H,7-8,10H2,1-2H3. The molecule has 0 saturated heterocycles. The molecule has 3 aromatic rings. The van der Waals surface area contributed by atoms with Crippen molar-refractivity contribution in [2.24, 2.45) is 0 Å². The van der Waals surface area contributed by atoms with Gasteiger partial charge in [0.2, 0.25) is 0 Å². The van der Waals surface area contributed by atoms with Crippen LogP contribution in [0.1, 0.15) is 11.5 Å². The first-order valence-electron chi connectivity index (χ1n) is 7.15. The molecule has 0 amide bonds. The molecule has 0 bridgehead atoms. The van der Waals surface area contributed by atoms with Gasteiger partial charge in [0.1, 0.15) is 5.76 Å². The third-order valence-corrected chi connectivity index (χ3v) is 4.20. The number of methoxy groups -OCH3 is 1. The number of pyridine rings is 1. The summed E-state index contributed by atoms with van der Waals surface area (Å²) in [5.41, 5.74) is 1.87. The van der Waals surface area contributed by atoms with Crippen molar-refractivity contribution in [3.05, 3.63) is 42.0 Å². The van der Waals surface area contributed by atoms with E-state index in [4.69, 9.17) is 9.26 Å². The molecule has 8 heteroatoms. The Labute approximate surface area is 138 Å². The quantitative estimate of drug-likeness (QED) is 0.616. The average molecular weight is 331 g/mol. The maximum absolute atomic E-state index is 5.20. The fourth-order valence-corrected chi connectivity index (χ4v) is 2.96. The fraction of sp³-hybridized carbons (Fsp3) is 0.333. The van der Waals surface area contributed by atoms with E-state index in [2.05, 4.69) is 24.9 Å². The SMILES string of the molecule is COCCn1c(SCc2cc(C)on2)nnc1-c1ccncc1. The second-order valence-corrected chi connectivity index (χ2v) is 5.85. The Kier molecular flexibility index (Phi) is 5.04.